The van der Waals surface area contributed by atoms with Gasteiger partial charge >= 0.3 is 5.63 Å². The predicted octanol–water partition coefficient (Wildman–Crippen LogP) is 3.27. The van der Waals surface area contributed by atoms with Gasteiger partial charge in [-0.1, -0.05) is 13.8 Å². The van der Waals surface area contributed by atoms with Crippen molar-refractivity contribution in [3.63, 3.8) is 0 Å². The quantitative estimate of drug-likeness (QED) is 0.725. The molecule has 1 atom stereocenters. The van der Waals surface area contributed by atoms with Gasteiger partial charge in [0.1, 0.15) is 16.9 Å². The summed E-state index contributed by atoms with van der Waals surface area (Å²) >= 11 is 0. The van der Waals surface area contributed by atoms with Crippen LogP contribution in [0.25, 0.3) is 11.0 Å². The molecule has 0 saturated heterocycles. The van der Waals surface area contributed by atoms with Crippen LogP contribution in [0.1, 0.15) is 57.2 Å². The number of ether oxygens (including phenoxy) is 1. The number of hydrogen-bond acceptors (Lipinski definition) is 5. The predicted molar refractivity (Wildman–Crippen MR) is 112 cm³/mol. The average Bonchev–Trinajstić information content (AvgIpc) is 2.62. The molecule has 1 aromatic heterocycles. The summed E-state index contributed by atoms with van der Waals surface area (Å²) in [5.41, 5.74) is 1.91. The summed E-state index contributed by atoms with van der Waals surface area (Å²) in [6.45, 7) is 9.87. The Morgan fingerprint density at radius 3 is 2.69 bits per heavy atom. The van der Waals surface area contributed by atoms with Gasteiger partial charge in [0, 0.05) is 11.5 Å². The van der Waals surface area contributed by atoms with Crippen LogP contribution in [0.2, 0.25) is 0 Å². The van der Waals surface area contributed by atoms with Crippen molar-refractivity contribution in [1.29, 1.82) is 0 Å². The van der Waals surface area contributed by atoms with Crippen LogP contribution >= 0.6 is 0 Å². The van der Waals surface area contributed by atoms with E-state index >= 15 is 0 Å². The van der Waals surface area contributed by atoms with Crippen LogP contribution in [0.3, 0.4) is 0 Å². The summed E-state index contributed by atoms with van der Waals surface area (Å²) in [5, 5.41) is 13.1. The molecule has 0 fully saturated rings. The van der Waals surface area contributed by atoms with Gasteiger partial charge in [-0.25, -0.2) is 4.79 Å². The van der Waals surface area contributed by atoms with E-state index in [0.29, 0.717) is 23.5 Å². The van der Waals surface area contributed by atoms with E-state index in [4.69, 9.17) is 9.15 Å². The van der Waals surface area contributed by atoms with Crippen molar-refractivity contribution in [3.8, 4) is 5.75 Å². The SMILES string of the molecule is Cc1c(CC(=O)NC(CO)CC(C)C)c(=O)oc2cc3c(cc12)CCC(C)(C)O3. The Morgan fingerprint density at radius 1 is 1.31 bits per heavy atom. The number of aryl methyl sites for hydroxylation is 2. The number of amides is 1. The Morgan fingerprint density at radius 2 is 2.03 bits per heavy atom. The summed E-state index contributed by atoms with van der Waals surface area (Å²) in [5.74, 6) is 0.807. The summed E-state index contributed by atoms with van der Waals surface area (Å²) in [4.78, 5) is 25.1. The number of carbonyl (C=O) groups is 1. The highest BCUT2D eigenvalue weighted by Gasteiger charge is 2.28. The fourth-order valence-electron chi connectivity index (χ4n) is 3.93. The zero-order valence-corrected chi connectivity index (χ0v) is 17.9. The van der Waals surface area contributed by atoms with Crippen molar-refractivity contribution in [1.82, 2.24) is 5.32 Å². The summed E-state index contributed by atoms with van der Waals surface area (Å²) in [6, 6.07) is 3.48. The Labute approximate surface area is 171 Å². The van der Waals surface area contributed by atoms with E-state index in [-0.39, 0.29) is 30.6 Å². The van der Waals surface area contributed by atoms with Gasteiger partial charge in [0.15, 0.2) is 0 Å². The Bertz CT molecular complexity index is 973. The number of carbonyl (C=O) groups excluding carboxylic acids is 1. The van der Waals surface area contributed by atoms with Crippen molar-refractivity contribution in [2.75, 3.05) is 6.61 Å². The van der Waals surface area contributed by atoms with E-state index in [1.165, 1.54) is 0 Å². The molecular formula is C23H31NO5. The molecule has 6 heteroatoms. The van der Waals surface area contributed by atoms with Crippen LogP contribution in [0.4, 0.5) is 0 Å². The fourth-order valence-corrected chi connectivity index (χ4v) is 3.93. The van der Waals surface area contributed by atoms with Gasteiger partial charge in [-0.3, -0.25) is 4.79 Å². The first-order valence-corrected chi connectivity index (χ1v) is 10.3. The first kappa shape index (κ1) is 21.4. The third-order valence-electron chi connectivity index (χ3n) is 5.53. The highest BCUT2D eigenvalue weighted by Crippen LogP contribution is 2.36. The fraction of sp³-hybridized carbons (Fsp3) is 0.565. The van der Waals surface area contributed by atoms with Crippen molar-refractivity contribution in [2.45, 2.75) is 71.9 Å². The second-order valence-corrected chi connectivity index (χ2v) is 9.06. The Balaban J connectivity index is 1.90. The second kappa shape index (κ2) is 8.19. The van der Waals surface area contributed by atoms with Crippen molar-refractivity contribution >= 4 is 16.9 Å². The van der Waals surface area contributed by atoms with Gasteiger partial charge in [0.05, 0.1) is 24.6 Å². The van der Waals surface area contributed by atoms with Crippen LogP contribution < -0.4 is 15.7 Å². The highest BCUT2D eigenvalue weighted by molar-refractivity contribution is 5.86. The second-order valence-electron chi connectivity index (χ2n) is 9.06. The molecule has 2 aromatic rings. The molecular weight excluding hydrogens is 370 g/mol. The minimum absolute atomic E-state index is 0.0701. The molecule has 1 aromatic carbocycles. The monoisotopic (exact) mass is 401 g/mol. The Hall–Kier alpha value is -2.34. The molecule has 2 N–H and O–H groups in total. The molecule has 1 aliphatic heterocycles. The molecule has 1 aliphatic rings. The average molecular weight is 402 g/mol. The van der Waals surface area contributed by atoms with Gasteiger partial charge in [0.2, 0.25) is 5.91 Å². The van der Waals surface area contributed by atoms with E-state index < -0.39 is 5.63 Å². The molecule has 0 aliphatic carbocycles. The number of rotatable bonds is 6. The van der Waals surface area contributed by atoms with Crippen LogP contribution in [0, 0.1) is 12.8 Å². The number of hydrogen-bond donors (Lipinski definition) is 2. The maximum Gasteiger partial charge on any atom is 0.340 e. The molecule has 1 amide bonds. The van der Waals surface area contributed by atoms with Crippen LogP contribution in [-0.2, 0) is 17.6 Å². The molecule has 0 saturated carbocycles. The number of benzene rings is 1. The number of nitrogens with one attached hydrogen (secondary N) is 1. The van der Waals surface area contributed by atoms with Crippen molar-refractivity contribution < 1.29 is 19.1 Å². The van der Waals surface area contributed by atoms with E-state index in [1.54, 1.807) is 6.07 Å². The Kier molecular flexibility index (Phi) is 6.03. The molecule has 0 spiro atoms. The summed E-state index contributed by atoms with van der Waals surface area (Å²) in [7, 11) is 0. The zero-order valence-electron chi connectivity index (χ0n) is 17.9. The zero-order chi connectivity index (χ0) is 21.3. The molecule has 158 valence electrons. The number of fused-ring (bicyclic) bond motifs is 2. The van der Waals surface area contributed by atoms with E-state index in [2.05, 4.69) is 5.32 Å². The lowest BCUT2D eigenvalue weighted by Gasteiger charge is -2.32. The highest BCUT2D eigenvalue weighted by atomic mass is 16.5. The van der Waals surface area contributed by atoms with Gasteiger partial charge in [-0.05, 0) is 63.1 Å². The molecule has 3 rings (SSSR count). The van der Waals surface area contributed by atoms with Gasteiger partial charge < -0.3 is 19.6 Å². The van der Waals surface area contributed by atoms with Crippen LogP contribution in [-0.4, -0.2) is 29.3 Å². The third-order valence-corrected chi connectivity index (χ3v) is 5.53. The molecule has 2 heterocycles. The van der Waals surface area contributed by atoms with Crippen molar-refractivity contribution in [2.24, 2.45) is 5.92 Å². The standard InChI is InChI=1S/C23H31NO5/c1-13(2)8-16(12-25)24-21(26)10-18-14(3)17-9-15-6-7-23(4,5)29-19(15)11-20(17)28-22(18)27/h9,11,13,16,25H,6-8,10,12H2,1-5H3,(H,24,26). The molecule has 0 bridgehead atoms. The molecule has 0 radical (unpaired) electrons. The van der Waals surface area contributed by atoms with Gasteiger partial charge in [-0.2, -0.15) is 0 Å². The largest absolute Gasteiger partial charge is 0.487 e. The van der Waals surface area contributed by atoms with Gasteiger partial charge in [-0.15, -0.1) is 0 Å². The summed E-state index contributed by atoms with van der Waals surface area (Å²) < 4.78 is 11.6. The molecule has 6 nitrogen and oxygen atoms in total. The lowest BCUT2D eigenvalue weighted by molar-refractivity contribution is -0.121. The minimum Gasteiger partial charge on any atom is -0.487 e. The lowest BCUT2D eigenvalue weighted by Crippen LogP contribution is -2.40. The minimum atomic E-state index is -0.510. The lowest BCUT2D eigenvalue weighted by atomic mass is 9.92. The summed E-state index contributed by atoms with van der Waals surface area (Å²) in [6.07, 6.45) is 2.41. The maximum atomic E-state index is 12.6. The van der Waals surface area contributed by atoms with Crippen LogP contribution in [0.5, 0.6) is 5.75 Å². The van der Waals surface area contributed by atoms with Crippen LogP contribution in [0.15, 0.2) is 21.3 Å². The van der Waals surface area contributed by atoms with E-state index in [0.717, 1.165) is 35.1 Å². The maximum absolute atomic E-state index is 12.6. The third kappa shape index (κ3) is 4.81. The number of aliphatic hydroxyl groups excluding tert-OH is 1. The van der Waals surface area contributed by atoms with Crippen molar-refractivity contribution in [3.05, 3.63) is 39.2 Å². The normalized spacial score (nSPS) is 16.4. The molecule has 29 heavy (non-hydrogen) atoms. The molecule has 1 unspecified atom stereocenters. The van der Waals surface area contributed by atoms with E-state index in [1.807, 2.05) is 40.7 Å². The van der Waals surface area contributed by atoms with Gasteiger partial charge in [0.25, 0.3) is 0 Å². The smallest absolute Gasteiger partial charge is 0.340 e. The number of aliphatic hydroxyl groups is 1. The first-order valence-electron chi connectivity index (χ1n) is 10.3. The topological polar surface area (TPSA) is 88.8 Å². The first-order chi connectivity index (χ1) is 13.6. The van der Waals surface area contributed by atoms with E-state index in [9.17, 15) is 14.7 Å².